The Hall–Kier alpha value is -0.860. The molecule has 2 heteroatoms. The van der Waals surface area contributed by atoms with Crippen LogP contribution >= 0.6 is 0 Å². The van der Waals surface area contributed by atoms with Gasteiger partial charge in [-0.05, 0) is 37.2 Å². The summed E-state index contributed by atoms with van der Waals surface area (Å²) in [6.45, 7) is 3.09. The number of hydrogen-bond acceptors (Lipinski definition) is 2. The quantitative estimate of drug-likeness (QED) is 0.789. The molecule has 1 saturated carbocycles. The molecule has 19 heavy (non-hydrogen) atoms. The van der Waals surface area contributed by atoms with Crippen molar-refractivity contribution in [1.82, 2.24) is 0 Å². The second kappa shape index (κ2) is 7.66. The molecular formula is C17H27NO. The Labute approximate surface area is 117 Å². The van der Waals surface area contributed by atoms with Gasteiger partial charge in [-0.25, -0.2) is 0 Å². The molecule has 0 spiro atoms. The van der Waals surface area contributed by atoms with Crippen molar-refractivity contribution in [2.75, 3.05) is 6.61 Å². The molecule has 3 unspecified atom stereocenters. The maximum absolute atomic E-state index is 6.21. The minimum Gasteiger partial charge on any atom is -0.377 e. The monoisotopic (exact) mass is 261 g/mol. The summed E-state index contributed by atoms with van der Waals surface area (Å²) < 4.78 is 6.02. The zero-order chi connectivity index (χ0) is 13.5. The van der Waals surface area contributed by atoms with Crippen LogP contribution in [-0.4, -0.2) is 18.8 Å². The number of nitrogens with two attached hydrogens (primary N) is 1. The van der Waals surface area contributed by atoms with Crippen molar-refractivity contribution in [2.45, 2.75) is 63.5 Å². The fraction of sp³-hybridized carbons (Fsp3) is 0.647. The Bertz CT molecular complexity index is 352. The molecule has 0 radical (unpaired) electrons. The van der Waals surface area contributed by atoms with Gasteiger partial charge in [0.1, 0.15) is 0 Å². The average Bonchev–Trinajstić information content (AvgIpc) is 2.46. The van der Waals surface area contributed by atoms with E-state index in [2.05, 4.69) is 37.3 Å². The predicted molar refractivity (Wildman–Crippen MR) is 80.3 cm³/mol. The second-order valence-corrected chi connectivity index (χ2v) is 5.70. The third-order valence-corrected chi connectivity index (χ3v) is 4.19. The van der Waals surface area contributed by atoms with Crippen molar-refractivity contribution in [3.8, 4) is 0 Å². The van der Waals surface area contributed by atoms with Gasteiger partial charge in [0, 0.05) is 12.6 Å². The lowest BCUT2D eigenvalue weighted by Gasteiger charge is -2.34. The zero-order valence-electron chi connectivity index (χ0n) is 12.1. The van der Waals surface area contributed by atoms with Gasteiger partial charge in [0.25, 0.3) is 0 Å². The van der Waals surface area contributed by atoms with E-state index in [1.807, 2.05) is 0 Å². The van der Waals surface area contributed by atoms with E-state index in [9.17, 15) is 0 Å². The third-order valence-electron chi connectivity index (χ3n) is 4.19. The van der Waals surface area contributed by atoms with E-state index in [1.54, 1.807) is 0 Å². The molecule has 1 aliphatic carbocycles. The summed E-state index contributed by atoms with van der Waals surface area (Å²) in [6.07, 6.45) is 7.26. The van der Waals surface area contributed by atoms with Crippen LogP contribution in [0, 0.1) is 0 Å². The first-order valence-corrected chi connectivity index (χ1v) is 7.73. The zero-order valence-corrected chi connectivity index (χ0v) is 12.1. The van der Waals surface area contributed by atoms with Crippen molar-refractivity contribution in [3.63, 3.8) is 0 Å². The van der Waals surface area contributed by atoms with Crippen LogP contribution in [0.4, 0.5) is 0 Å². The SMILES string of the molecule is CCCCCOC1CC(c2ccccc2)CCC1N. The second-order valence-electron chi connectivity index (χ2n) is 5.70. The molecule has 106 valence electrons. The van der Waals surface area contributed by atoms with E-state index in [1.165, 1.54) is 24.8 Å². The van der Waals surface area contributed by atoms with Crippen LogP contribution in [0.25, 0.3) is 0 Å². The Morgan fingerprint density at radius 1 is 1.16 bits per heavy atom. The molecule has 1 aliphatic rings. The van der Waals surface area contributed by atoms with Crippen LogP contribution in [-0.2, 0) is 4.74 Å². The van der Waals surface area contributed by atoms with E-state index < -0.39 is 0 Å². The summed E-state index contributed by atoms with van der Waals surface area (Å²) in [7, 11) is 0. The summed E-state index contributed by atoms with van der Waals surface area (Å²) >= 11 is 0. The first-order chi connectivity index (χ1) is 9.31. The summed E-state index contributed by atoms with van der Waals surface area (Å²) in [6, 6.07) is 11.0. The Morgan fingerprint density at radius 3 is 2.68 bits per heavy atom. The van der Waals surface area contributed by atoms with Crippen LogP contribution in [0.3, 0.4) is 0 Å². The number of unbranched alkanes of at least 4 members (excludes halogenated alkanes) is 2. The van der Waals surface area contributed by atoms with Crippen LogP contribution in [0.2, 0.25) is 0 Å². The van der Waals surface area contributed by atoms with E-state index in [4.69, 9.17) is 10.5 Å². The lowest BCUT2D eigenvalue weighted by Crippen LogP contribution is -2.41. The molecule has 0 aliphatic heterocycles. The van der Waals surface area contributed by atoms with Crippen LogP contribution in [0.1, 0.15) is 56.9 Å². The minimum absolute atomic E-state index is 0.224. The van der Waals surface area contributed by atoms with Gasteiger partial charge < -0.3 is 10.5 Å². The number of ether oxygens (including phenoxy) is 1. The topological polar surface area (TPSA) is 35.2 Å². The highest BCUT2D eigenvalue weighted by molar-refractivity contribution is 5.20. The maximum Gasteiger partial charge on any atom is 0.0731 e. The standard InChI is InChI=1S/C17H27NO/c1-2-3-7-12-19-17-13-15(10-11-16(17)18)14-8-5-4-6-9-14/h4-6,8-9,15-17H,2-3,7,10-13,18H2,1H3. The van der Waals surface area contributed by atoms with E-state index in [-0.39, 0.29) is 12.1 Å². The third kappa shape index (κ3) is 4.32. The summed E-state index contributed by atoms with van der Waals surface area (Å²) in [5.41, 5.74) is 7.65. The smallest absolute Gasteiger partial charge is 0.0731 e. The molecule has 3 atom stereocenters. The molecule has 1 aromatic rings. The first-order valence-electron chi connectivity index (χ1n) is 7.73. The molecule has 0 bridgehead atoms. The Kier molecular flexibility index (Phi) is 5.87. The highest BCUT2D eigenvalue weighted by Gasteiger charge is 2.29. The highest BCUT2D eigenvalue weighted by atomic mass is 16.5. The average molecular weight is 261 g/mol. The molecule has 2 nitrogen and oxygen atoms in total. The van der Waals surface area contributed by atoms with E-state index in [0.29, 0.717) is 5.92 Å². The van der Waals surface area contributed by atoms with Gasteiger partial charge >= 0.3 is 0 Å². The fourth-order valence-electron chi connectivity index (χ4n) is 2.96. The van der Waals surface area contributed by atoms with E-state index in [0.717, 1.165) is 25.9 Å². The van der Waals surface area contributed by atoms with Gasteiger partial charge in [-0.2, -0.15) is 0 Å². The lowest BCUT2D eigenvalue weighted by atomic mass is 9.80. The number of hydrogen-bond donors (Lipinski definition) is 1. The largest absolute Gasteiger partial charge is 0.377 e. The van der Waals surface area contributed by atoms with Crippen LogP contribution < -0.4 is 5.73 Å². The number of rotatable bonds is 6. The van der Waals surface area contributed by atoms with Gasteiger partial charge in [-0.1, -0.05) is 50.1 Å². The van der Waals surface area contributed by atoms with Crippen molar-refractivity contribution in [3.05, 3.63) is 35.9 Å². The molecule has 2 N–H and O–H groups in total. The van der Waals surface area contributed by atoms with Gasteiger partial charge in [0.05, 0.1) is 6.10 Å². The van der Waals surface area contributed by atoms with Gasteiger partial charge in [-0.3, -0.25) is 0 Å². The molecule has 0 aromatic heterocycles. The maximum atomic E-state index is 6.21. The summed E-state index contributed by atoms with van der Waals surface area (Å²) in [5.74, 6) is 0.622. The number of benzene rings is 1. The molecule has 2 rings (SSSR count). The van der Waals surface area contributed by atoms with Crippen molar-refractivity contribution < 1.29 is 4.74 Å². The van der Waals surface area contributed by atoms with Crippen molar-refractivity contribution in [2.24, 2.45) is 5.73 Å². The van der Waals surface area contributed by atoms with Crippen LogP contribution in [0.5, 0.6) is 0 Å². The molecule has 1 fully saturated rings. The van der Waals surface area contributed by atoms with Crippen molar-refractivity contribution in [1.29, 1.82) is 0 Å². The summed E-state index contributed by atoms with van der Waals surface area (Å²) in [5, 5.41) is 0. The minimum atomic E-state index is 0.224. The van der Waals surface area contributed by atoms with Crippen LogP contribution in [0.15, 0.2) is 30.3 Å². The molecule has 1 aromatic carbocycles. The van der Waals surface area contributed by atoms with E-state index >= 15 is 0 Å². The fourth-order valence-corrected chi connectivity index (χ4v) is 2.96. The molecular weight excluding hydrogens is 234 g/mol. The van der Waals surface area contributed by atoms with Gasteiger partial charge in [-0.15, -0.1) is 0 Å². The molecule has 0 amide bonds. The first kappa shape index (κ1) is 14.5. The van der Waals surface area contributed by atoms with Crippen molar-refractivity contribution >= 4 is 0 Å². The van der Waals surface area contributed by atoms with Gasteiger partial charge in [0.2, 0.25) is 0 Å². The predicted octanol–water partition coefficient (Wildman–Crippen LogP) is 3.86. The highest BCUT2D eigenvalue weighted by Crippen LogP contribution is 2.33. The summed E-state index contributed by atoms with van der Waals surface area (Å²) in [4.78, 5) is 0. The Balaban J connectivity index is 1.85. The Morgan fingerprint density at radius 2 is 1.95 bits per heavy atom. The lowest BCUT2D eigenvalue weighted by molar-refractivity contribution is 0.00771. The normalized spacial score (nSPS) is 27.4. The molecule has 0 heterocycles. The molecule has 0 saturated heterocycles. The van der Waals surface area contributed by atoms with Gasteiger partial charge in [0.15, 0.2) is 0 Å².